The molecule has 0 radical (unpaired) electrons. The maximum Gasteiger partial charge on any atom is 0.150 e. The van der Waals surface area contributed by atoms with Gasteiger partial charge in [-0.15, -0.1) is 0 Å². The normalized spacial score (nSPS) is 17.5. The molecular weight excluding hydrogens is 282 g/mol. The van der Waals surface area contributed by atoms with Crippen LogP contribution >= 0.6 is 34.8 Å². The smallest absolute Gasteiger partial charge is 0.150 e. The van der Waals surface area contributed by atoms with E-state index in [4.69, 9.17) is 39.5 Å². The van der Waals surface area contributed by atoms with Gasteiger partial charge in [0.2, 0.25) is 0 Å². The van der Waals surface area contributed by atoms with Crippen molar-refractivity contribution in [1.29, 1.82) is 0 Å². The van der Waals surface area contributed by atoms with Crippen molar-refractivity contribution in [3.8, 4) is 0 Å². The zero-order chi connectivity index (χ0) is 12.4. The van der Waals surface area contributed by atoms with Crippen LogP contribution in [0.3, 0.4) is 0 Å². The SMILES string of the molecule is COC1CCN(c2nc(Cl)c(Cl)cc2Cl)CC1. The summed E-state index contributed by atoms with van der Waals surface area (Å²) in [7, 11) is 1.74. The van der Waals surface area contributed by atoms with E-state index in [1.165, 1.54) is 0 Å². The number of pyridine rings is 1. The van der Waals surface area contributed by atoms with E-state index in [0.29, 0.717) is 27.1 Å². The lowest BCUT2D eigenvalue weighted by Gasteiger charge is -2.32. The summed E-state index contributed by atoms with van der Waals surface area (Å²) in [6, 6.07) is 1.64. The van der Waals surface area contributed by atoms with Gasteiger partial charge in [-0.25, -0.2) is 4.98 Å². The summed E-state index contributed by atoms with van der Waals surface area (Å²) in [5, 5.41) is 1.21. The van der Waals surface area contributed by atoms with Crippen LogP contribution in [0.4, 0.5) is 5.82 Å². The van der Waals surface area contributed by atoms with Gasteiger partial charge in [-0.2, -0.15) is 0 Å². The summed E-state index contributed by atoms with van der Waals surface area (Å²) < 4.78 is 5.32. The number of aromatic nitrogens is 1. The van der Waals surface area contributed by atoms with Crippen molar-refractivity contribution < 1.29 is 4.74 Å². The number of ether oxygens (including phenoxy) is 1. The molecule has 0 aliphatic carbocycles. The van der Waals surface area contributed by atoms with Crippen molar-refractivity contribution >= 4 is 40.6 Å². The minimum Gasteiger partial charge on any atom is -0.381 e. The summed E-state index contributed by atoms with van der Waals surface area (Å²) >= 11 is 17.9. The van der Waals surface area contributed by atoms with Crippen LogP contribution in [0, 0.1) is 0 Å². The van der Waals surface area contributed by atoms with Gasteiger partial charge in [0.25, 0.3) is 0 Å². The topological polar surface area (TPSA) is 25.4 Å². The Morgan fingerprint density at radius 2 is 1.88 bits per heavy atom. The van der Waals surface area contributed by atoms with E-state index < -0.39 is 0 Å². The highest BCUT2D eigenvalue weighted by molar-refractivity contribution is 6.42. The monoisotopic (exact) mass is 294 g/mol. The summed E-state index contributed by atoms with van der Waals surface area (Å²) in [5.41, 5.74) is 0. The van der Waals surface area contributed by atoms with Crippen LogP contribution in [-0.2, 0) is 4.74 Å². The average Bonchev–Trinajstić information content (AvgIpc) is 2.34. The summed E-state index contributed by atoms with van der Waals surface area (Å²) in [6.07, 6.45) is 2.26. The van der Waals surface area contributed by atoms with Crippen LogP contribution in [0.25, 0.3) is 0 Å². The van der Waals surface area contributed by atoms with Gasteiger partial charge < -0.3 is 9.64 Å². The first-order valence-electron chi connectivity index (χ1n) is 5.41. The molecule has 0 N–H and O–H groups in total. The molecule has 0 saturated carbocycles. The van der Waals surface area contributed by atoms with Crippen LogP contribution in [0.5, 0.6) is 0 Å². The van der Waals surface area contributed by atoms with Crippen LogP contribution in [0.1, 0.15) is 12.8 Å². The number of halogens is 3. The van der Waals surface area contributed by atoms with E-state index in [2.05, 4.69) is 9.88 Å². The fourth-order valence-corrected chi connectivity index (χ4v) is 2.57. The van der Waals surface area contributed by atoms with E-state index in [9.17, 15) is 0 Å². The van der Waals surface area contributed by atoms with Crippen LogP contribution in [0.2, 0.25) is 15.2 Å². The second-order valence-corrected chi connectivity index (χ2v) is 5.16. The minimum atomic E-state index is 0.292. The summed E-state index contributed by atoms with van der Waals surface area (Å²) in [4.78, 5) is 6.34. The Hall–Kier alpha value is -0.220. The van der Waals surface area contributed by atoms with E-state index in [1.54, 1.807) is 13.2 Å². The van der Waals surface area contributed by atoms with Gasteiger partial charge in [-0.05, 0) is 18.9 Å². The first kappa shape index (κ1) is 13.2. The van der Waals surface area contributed by atoms with Gasteiger partial charge in [0, 0.05) is 20.2 Å². The van der Waals surface area contributed by atoms with Gasteiger partial charge in [0.15, 0.2) is 0 Å². The van der Waals surface area contributed by atoms with E-state index in [1.807, 2.05) is 0 Å². The van der Waals surface area contributed by atoms with Gasteiger partial charge >= 0.3 is 0 Å². The Morgan fingerprint density at radius 1 is 1.24 bits per heavy atom. The fraction of sp³-hybridized carbons (Fsp3) is 0.545. The Kier molecular flexibility index (Phi) is 4.36. The molecule has 1 fully saturated rings. The molecule has 1 aromatic rings. The molecule has 2 heterocycles. The fourth-order valence-electron chi connectivity index (χ4n) is 1.96. The molecule has 1 saturated heterocycles. The van der Waals surface area contributed by atoms with Crippen LogP contribution in [0.15, 0.2) is 6.07 Å². The van der Waals surface area contributed by atoms with Crippen molar-refractivity contribution in [3.05, 3.63) is 21.3 Å². The number of nitrogens with zero attached hydrogens (tertiary/aromatic N) is 2. The molecular formula is C11H13Cl3N2O. The molecule has 17 heavy (non-hydrogen) atoms. The zero-order valence-electron chi connectivity index (χ0n) is 9.42. The Labute approximate surface area is 116 Å². The molecule has 6 heteroatoms. The lowest BCUT2D eigenvalue weighted by Crippen LogP contribution is -2.37. The minimum absolute atomic E-state index is 0.292. The van der Waals surface area contributed by atoms with Crippen LogP contribution in [-0.4, -0.2) is 31.3 Å². The highest BCUT2D eigenvalue weighted by Crippen LogP contribution is 2.32. The Bertz CT molecular complexity index is 406. The summed E-state index contributed by atoms with van der Waals surface area (Å²) in [6.45, 7) is 1.73. The Morgan fingerprint density at radius 3 is 2.47 bits per heavy atom. The van der Waals surface area contributed by atoms with E-state index >= 15 is 0 Å². The molecule has 2 rings (SSSR count). The predicted molar refractivity (Wildman–Crippen MR) is 71.5 cm³/mol. The third-order valence-electron chi connectivity index (χ3n) is 2.94. The molecule has 1 aliphatic heterocycles. The first-order valence-corrected chi connectivity index (χ1v) is 6.54. The van der Waals surface area contributed by atoms with Crippen molar-refractivity contribution in [2.24, 2.45) is 0 Å². The largest absolute Gasteiger partial charge is 0.381 e. The second kappa shape index (κ2) is 5.61. The maximum absolute atomic E-state index is 6.13. The molecule has 1 aliphatic rings. The number of rotatable bonds is 2. The molecule has 0 atom stereocenters. The number of hydrogen-bond acceptors (Lipinski definition) is 3. The van der Waals surface area contributed by atoms with Gasteiger partial charge in [-0.3, -0.25) is 0 Å². The van der Waals surface area contributed by atoms with Crippen molar-refractivity contribution in [2.45, 2.75) is 18.9 Å². The van der Waals surface area contributed by atoms with E-state index in [0.717, 1.165) is 25.9 Å². The lowest BCUT2D eigenvalue weighted by molar-refractivity contribution is 0.0818. The summed E-state index contributed by atoms with van der Waals surface area (Å²) in [5.74, 6) is 0.704. The zero-order valence-corrected chi connectivity index (χ0v) is 11.7. The highest BCUT2D eigenvalue weighted by Gasteiger charge is 2.22. The molecule has 0 amide bonds. The van der Waals surface area contributed by atoms with Gasteiger partial charge in [-0.1, -0.05) is 34.8 Å². The number of anilines is 1. The highest BCUT2D eigenvalue weighted by atomic mass is 35.5. The number of piperidine rings is 1. The maximum atomic E-state index is 6.13. The molecule has 0 unspecified atom stereocenters. The molecule has 0 spiro atoms. The molecule has 1 aromatic heterocycles. The van der Waals surface area contributed by atoms with Gasteiger partial charge in [0.1, 0.15) is 11.0 Å². The van der Waals surface area contributed by atoms with Crippen molar-refractivity contribution in [1.82, 2.24) is 4.98 Å². The standard InChI is InChI=1S/C11H13Cl3N2O/c1-17-7-2-4-16(5-3-7)11-9(13)6-8(12)10(14)15-11/h6-7H,2-5H2,1H3. The Balaban J connectivity index is 2.16. The van der Waals surface area contributed by atoms with E-state index in [-0.39, 0.29) is 0 Å². The first-order chi connectivity index (χ1) is 8.11. The number of methoxy groups -OCH3 is 1. The molecule has 0 aromatic carbocycles. The third-order valence-corrected chi connectivity index (χ3v) is 3.89. The predicted octanol–water partition coefficient (Wildman–Crippen LogP) is 3.66. The van der Waals surface area contributed by atoms with Crippen molar-refractivity contribution in [3.63, 3.8) is 0 Å². The third kappa shape index (κ3) is 2.97. The molecule has 0 bridgehead atoms. The van der Waals surface area contributed by atoms with Crippen molar-refractivity contribution in [2.75, 3.05) is 25.1 Å². The molecule has 3 nitrogen and oxygen atoms in total. The second-order valence-electron chi connectivity index (χ2n) is 3.99. The quantitative estimate of drug-likeness (QED) is 0.779. The average molecular weight is 296 g/mol. The van der Waals surface area contributed by atoms with Crippen LogP contribution < -0.4 is 4.90 Å². The molecule has 94 valence electrons. The number of hydrogen-bond donors (Lipinski definition) is 0. The van der Waals surface area contributed by atoms with Gasteiger partial charge in [0.05, 0.1) is 16.1 Å². The lowest BCUT2D eigenvalue weighted by atomic mass is 10.1.